The van der Waals surface area contributed by atoms with Crippen LogP contribution in [-0.4, -0.2) is 40.5 Å². The van der Waals surface area contributed by atoms with Gasteiger partial charge in [0.2, 0.25) is 0 Å². The number of carboxylic acid groups (broad SMARTS) is 2. The fraction of sp³-hybridized carbons (Fsp3) is 0.438. The minimum Gasteiger partial charge on any atom is -0.481 e. The Labute approximate surface area is 129 Å². The number of aliphatic carboxylic acids is 2. The van der Waals surface area contributed by atoms with Crippen LogP contribution in [0.3, 0.4) is 0 Å². The highest BCUT2D eigenvalue weighted by molar-refractivity contribution is 5.80. The zero-order chi connectivity index (χ0) is 16.4. The number of carboxylic acids is 2. The van der Waals surface area contributed by atoms with Crippen molar-refractivity contribution >= 4 is 17.7 Å². The van der Waals surface area contributed by atoms with E-state index < -0.39 is 11.9 Å². The highest BCUT2D eigenvalue weighted by atomic mass is 16.4. The van der Waals surface area contributed by atoms with Gasteiger partial charge >= 0.3 is 11.9 Å². The number of ketones is 1. The summed E-state index contributed by atoms with van der Waals surface area (Å²) in [5.41, 5.74) is 1.31. The van der Waals surface area contributed by atoms with E-state index in [1.54, 1.807) is 0 Å². The summed E-state index contributed by atoms with van der Waals surface area (Å²) in [6, 6.07) is 10.7. The Morgan fingerprint density at radius 3 is 2.18 bits per heavy atom. The number of carbonyl (C=O) groups is 3. The van der Waals surface area contributed by atoms with E-state index in [1.807, 2.05) is 18.2 Å². The third-order valence-electron chi connectivity index (χ3n) is 3.19. The van der Waals surface area contributed by atoms with Gasteiger partial charge in [0, 0.05) is 25.4 Å². The lowest BCUT2D eigenvalue weighted by atomic mass is 9.97. The van der Waals surface area contributed by atoms with E-state index in [0.717, 1.165) is 13.0 Å². The predicted molar refractivity (Wildman–Crippen MR) is 80.7 cm³/mol. The van der Waals surface area contributed by atoms with Crippen LogP contribution >= 0.6 is 0 Å². The molecule has 1 aromatic carbocycles. The molecule has 0 saturated carbocycles. The van der Waals surface area contributed by atoms with E-state index in [4.69, 9.17) is 10.2 Å². The number of nitrogens with one attached hydrogen (secondary N) is 1. The Morgan fingerprint density at radius 1 is 1.09 bits per heavy atom. The van der Waals surface area contributed by atoms with Crippen molar-refractivity contribution in [3.8, 4) is 0 Å². The molecule has 0 aromatic heterocycles. The summed E-state index contributed by atoms with van der Waals surface area (Å²) in [7, 11) is 0. The predicted octanol–water partition coefficient (Wildman–Crippen LogP) is 1.49. The zero-order valence-corrected chi connectivity index (χ0v) is 12.3. The van der Waals surface area contributed by atoms with Crippen molar-refractivity contribution in [2.45, 2.75) is 38.1 Å². The molecule has 0 amide bonds. The molecule has 1 heterocycles. The number of hydrogen-bond acceptors (Lipinski definition) is 4. The lowest BCUT2D eigenvalue weighted by Gasteiger charge is -2.22. The van der Waals surface area contributed by atoms with Crippen LogP contribution in [0.2, 0.25) is 0 Å². The second kappa shape index (κ2) is 9.68. The third kappa shape index (κ3) is 8.16. The lowest BCUT2D eigenvalue weighted by Crippen LogP contribution is -2.39. The first-order valence-corrected chi connectivity index (χ1v) is 7.20. The minimum atomic E-state index is -1.08. The summed E-state index contributed by atoms with van der Waals surface area (Å²) in [6.45, 7) is 0.844. The van der Waals surface area contributed by atoms with Crippen molar-refractivity contribution in [2.75, 3.05) is 6.54 Å². The summed E-state index contributed by atoms with van der Waals surface area (Å²) in [4.78, 5) is 30.5. The molecule has 2 rings (SSSR count). The molecular formula is C16H21NO5. The fourth-order valence-corrected chi connectivity index (χ4v) is 2.12. The third-order valence-corrected chi connectivity index (χ3v) is 3.19. The van der Waals surface area contributed by atoms with Gasteiger partial charge in [0.1, 0.15) is 5.78 Å². The van der Waals surface area contributed by atoms with E-state index in [9.17, 15) is 14.4 Å². The van der Waals surface area contributed by atoms with Gasteiger partial charge in [0.25, 0.3) is 0 Å². The van der Waals surface area contributed by atoms with Gasteiger partial charge in [-0.05, 0) is 12.0 Å². The molecular weight excluding hydrogens is 286 g/mol. The second-order valence-corrected chi connectivity index (χ2v) is 5.12. The van der Waals surface area contributed by atoms with Gasteiger partial charge in [-0.2, -0.15) is 0 Å². The first-order valence-electron chi connectivity index (χ1n) is 7.20. The van der Waals surface area contributed by atoms with Gasteiger partial charge in [0.15, 0.2) is 0 Å². The maximum absolute atomic E-state index is 11.2. The van der Waals surface area contributed by atoms with Gasteiger partial charge in [-0.15, -0.1) is 0 Å². The summed E-state index contributed by atoms with van der Waals surface area (Å²) in [6.07, 6.45) is 1.76. The molecule has 22 heavy (non-hydrogen) atoms. The van der Waals surface area contributed by atoms with Crippen molar-refractivity contribution in [2.24, 2.45) is 0 Å². The molecule has 1 aliphatic rings. The quantitative estimate of drug-likeness (QED) is 0.761. The molecule has 1 aromatic rings. The Bertz CT molecular complexity index is 487. The van der Waals surface area contributed by atoms with E-state index in [2.05, 4.69) is 17.4 Å². The second-order valence-electron chi connectivity index (χ2n) is 5.12. The monoisotopic (exact) mass is 307 g/mol. The van der Waals surface area contributed by atoms with E-state index in [-0.39, 0.29) is 12.8 Å². The molecule has 6 heteroatoms. The molecule has 3 N–H and O–H groups in total. The molecule has 1 unspecified atom stereocenters. The van der Waals surface area contributed by atoms with Crippen LogP contribution in [0, 0.1) is 0 Å². The van der Waals surface area contributed by atoms with Crippen molar-refractivity contribution in [3.63, 3.8) is 0 Å². The normalized spacial score (nSPS) is 17.3. The standard InChI is InChI=1S/C12H15NO.C4H6O4/c14-12-6-7-13-11(9-12)8-10-4-2-1-3-5-10;5-3(6)1-2-4(7)8/h1-5,11,13H,6-9H2;1-2H2,(H,5,6)(H,7,8). The Morgan fingerprint density at radius 2 is 1.68 bits per heavy atom. The van der Waals surface area contributed by atoms with E-state index in [1.165, 1.54) is 5.56 Å². The average Bonchev–Trinajstić information content (AvgIpc) is 2.47. The molecule has 1 atom stereocenters. The van der Waals surface area contributed by atoms with E-state index in [0.29, 0.717) is 24.7 Å². The highest BCUT2D eigenvalue weighted by Crippen LogP contribution is 2.10. The van der Waals surface area contributed by atoms with Gasteiger partial charge < -0.3 is 15.5 Å². The highest BCUT2D eigenvalue weighted by Gasteiger charge is 2.18. The SMILES string of the molecule is O=C(O)CCC(=O)O.O=C1CCNC(Cc2ccccc2)C1. The minimum absolute atomic E-state index is 0.296. The van der Waals surface area contributed by atoms with Gasteiger partial charge in [-0.3, -0.25) is 14.4 Å². The maximum atomic E-state index is 11.2. The molecule has 0 bridgehead atoms. The topological polar surface area (TPSA) is 104 Å². The van der Waals surface area contributed by atoms with Gasteiger partial charge in [-0.25, -0.2) is 0 Å². The lowest BCUT2D eigenvalue weighted by molar-refractivity contribution is -0.143. The Kier molecular flexibility index (Phi) is 7.85. The summed E-state index contributed by atoms with van der Waals surface area (Å²) in [5, 5.41) is 19.2. The van der Waals surface area contributed by atoms with Crippen molar-refractivity contribution in [1.82, 2.24) is 5.32 Å². The van der Waals surface area contributed by atoms with Gasteiger partial charge in [-0.1, -0.05) is 30.3 Å². The summed E-state index contributed by atoms with van der Waals surface area (Å²) >= 11 is 0. The maximum Gasteiger partial charge on any atom is 0.303 e. The smallest absolute Gasteiger partial charge is 0.303 e. The molecule has 1 saturated heterocycles. The number of carbonyl (C=O) groups excluding carboxylic acids is 1. The number of hydrogen-bond donors (Lipinski definition) is 3. The Hall–Kier alpha value is -2.21. The van der Waals surface area contributed by atoms with Gasteiger partial charge in [0.05, 0.1) is 12.8 Å². The van der Waals surface area contributed by atoms with Crippen LogP contribution in [0.25, 0.3) is 0 Å². The van der Waals surface area contributed by atoms with Crippen LogP contribution in [0.5, 0.6) is 0 Å². The Balaban J connectivity index is 0.000000261. The largest absolute Gasteiger partial charge is 0.481 e. The van der Waals surface area contributed by atoms with Crippen LogP contribution in [0.15, 0.2) is 30.3 Å². The van der Waals surface area contributed by atoms with Crippen LogP contribution < -0.4 is 5.32 Å². The fourth-order valence-electron chi connectivity index (χ4n) is 2.12. The zero-order valence-electron chi connectivity index (χ0n) is 12.3. The van der Waals surface area contributed by atoms with Crippen LogP contribution in [-0.2, 0) is 20.8 Å². The van der Waals surface area contributed by atoms with Crippen molar-refractivity contribution < 1.29 is 24.6 Å². The number of benzene rings is 1. The molecule has 1 fully saturated rings. The molecule has 0 aliphatic carbocycles. The molecule has 120 valence electrons. The number of Topliss-reactive ketones (excluding diaryl/α,β-unsaturated/α-hetero) is 1. The number of piperidine rings is 1. The number of rotatable bonds is 5. The average molecular weight is 307 g/mol. The molecule has 6 nitrogen and oxygen atoms in total. The summed E-state index contributed by atoms with van der Waals surface area (Å²) in [5.74, 6) is -1.76. The summed E-state index contributed by atoms with van der Waals surface area (Å²) < 4.78 is 0. The molecule has 0 radical (unpaired) electrons. The first-order chi connectivity index (χ1) is 10.5. The first kappa shape index (κ1) is 17.8. The van der Waals surface area contributed by atoms with Crippen LogP contribution in [0.4, 0.5) is 0 Å². The van der Waals surface area contributed by atoms with Crippen molar-refractivity contribution in [1.29, 1.82) is 0 Å². The molecule has 0 spiro atoms. The van der Waals surface area contributed by atoms with E-state index >= 15 is 0 Å². The van der Waals surface area contributed by atoms with Crippen molar-refractivity contribution in [3.05, 3.63) is 35.9 Å². The van der Waals surface area contributed by atoms with Crippen LogP contribution in [0.1, 0.15) is 31.2 Å². The molecule has 1 aliphatic heterocycles.